The second-order valence-corrected chi connectivity index (χ2v) is 5.41. The zero-order valence-electron chi connectivity index (χ0n) is 11.3. The highest BCUT2D eigenvalue weighted by molar-refractivity contribution is 5.77. The van der Waals surface area contributed by atoms with E-state index in [0.717, 1.165) is 25.9 Å². The van der Waals surface area contributed by atoms with Gasteiger partial charge in [-0.05, 0) is 32.6 Å². The van der Waals surface area contributed by atoms with Crippen molar-refractivity contribution in [2.45, 2.75) is 44.8 Å². The second kappa shape index (κ2) is 6.23. The minimum atomic E-state index is -0.820. The molecule has 2 fully saturated rings. The van der Waals surface area contributed by atoms with Crippen molar-refractivity contribution in [2.75, 3.05) is 19.7 Å². The Labute approximate surface area is 113 Å². The Morgan fingerprint density at radius 1 is 1.37 bits per heavy atom. The summed E-state index contributed by atoms with van der Waals surface area (Å²) in [6.07, 6.45) is 3.81. The summed E-state index contributed by atoms with van der Waals surface area (Å²) in [4.78, 5) is 24.5. The van der Waals surface area contributed by atoms with Gasteiger partial charge in [-0.25, -0.2) is 4.79 Å². The number of nitrogens with zero attached hydrogens (tertiary/aromatic N) is 1. The number of hydrogen-bond acceptors (Lipinski definition) is 3. The summed E-state index contributed by atoms with van der Waals surface area (Å²) >= 11 is 0. The maximum absolute atomic E-state index is 12.0. The van der Waals surface area contributed by atoms with Crippen molar-refractivity contribution in [1.29, 1.82) is 0 Å². The fourth-order valence-electron chi connectivity index (χ4n) is 2.69. The minimum Gasteiger partial charge on any atom is -0.481 e. The molecule has 0 radical (unpaired) electrons. The van der Waals surface area contributed by atoms with Gasteiger partial charge >= 0.3 is 12.0 Å². The number of ether oxygens (including phenoxy) is 1. The van der Waals surface area contributed by atoms with Crippen LogP contribution in [0.3, 0.4) is 0 Å². The van der Waals surface area contributed by atoms with Crippen molar-refractivity contribution < 1.29 is 19.4 Å². The predicted molar refractivity (Wildman–Crippen MR) is 68.9 cm³/mol. The van der Waals surface area contributed by atoms with Gasteiger partial charge in [-0.15, -0.1) is 0 Å². The molecule has 2 aliphatic heterocycles. The molecular weight excluding hydrogens is 248 g/mol. The average Bonchev–Trinajstić information content (AvgIpc) is 2.89. The maximum Gasteiger partial charge on any atom is 0.317 e. The number of carboxylic acid groups (broad SMARTS) is 1. The monoisotopic (exact) mass is 270 g/mol. The van der Waals surface area contributed by atoms with Crippen LogP contribution in [0.5, 0.6) is 0 Å². The molecule has 0 spiro atoms. The number of hydrogen-bond donors (Lipinski definition) is 2. The normalized spacial score (nSPS) is 29.0. The highest BCUT2D eigenvalue weighted by Gasteiger charge is 2.32. The van der Waals surface area contributed by atoms with Crippen LogP contribution in [0.2, 0.25) is 0 Å². The number of aliphatic carboxylic acids is 1. The molecule has 0 aromatic heterocycles. The predicted octanol–water partition coefficient (Wildman–Crippen LogP) is 1.06. The molecular formula is C13H22N2O4. The van der Waals surface area contributed by atoms with E-state index < -0.39 is 11.9 Å². The molecule has 0 aliphatic carbocycles. The number of likely N-dealkylation sites (tertiary alicyclic amines) is 1. The van der Waals surface area contributed by atoms with Crippen molar-refractivity contribution >= 4 is 12.0 Å². The average molecular weight is 270 g/mol. The van der Waals surface area contributed by atoms with E-state index in [1.807, 2.05) is 6.92 Å². The van der Waals surface area contributed by atoms with Gasteiger partial charge in [0.15, 0.2) is 0 Å². The summed E-state index contributed by atoms with van der Waals surface area (Å²) in [6.45, 7) is 3.52. The number of carboxylic acids is 1. The first-order valence-corrected chi connectivity index (χ1v) is 6.98. The summed E-state index contributed by atoms with van der Waals surface area (Å²) in [5.41, 5.74) is 0. The van der Waals surface area contributed by atoms with E-state index in [1.165, 1.54) is 0 Å². The number of urea groups is 1. The molecule has 3 atom stereocenters. The van der Waals surface area contributed by atoms with Gasteiger partial charge < -0.3 is 20.1 Å². The molecule has 19 heavy (non-hydrogen) atoms. The smallest absolute Gasteiger partial charge is 0.317 e. The Kier molecular flexibility index (Phi) is 4.63. The van der Waals surface area contributed by atoms with Gasteiger partial charge in [0.25, 0.3) is 0 Å². The molecule has 6 heteroatoms. The first kappa shape index (κ1) is 14.1. The SMILES string of the molecule is CC(NC(=O)N1CCC(C(=O)O)C1)C1CCCCO1. The van der Waals surface area contributed by atoms with Crippen molar-refractivity contribution in [1.82, 2.24) is 10.2 Å². The molecule has 2 saturated heterocycles. The Morgan fingerprint density at radius 3 is 2.74 bits per heavy atom. The van der Waals surface area contributed by atoms with E-state index in [1.54, 1.807) is 4.90 Å². The van der Waals surface area contributed by atoms with Crippen LogP contribution in [-0.2, 0) is 9.53 Å². The van der Waals surface area contributed by atoms with Gasteiger partial charge in [0.2, 0.25) is 0 Å². The molecule has 2 amide bonds. The third-order valence-corrected chi connectivity index (χ3v) is 3.95. The minimum absolute atomic E-state index is 0.0309. The van der Waals surface area contributed by atoms with Gasteiger partial charge in [0, 0.05) is 19.7 Å². The van der Waals surface area contributed by atoms with Gasteiger partial charge in [0.1, 0.15) is 0 Å². The number of nitrogens with one attached hydrogen (secondary N) is 1. The lowest BCUT2D eigenvalue weighted by Crippen LogP contribution is -2.48. The number of amides is 2. The van der Waals surface area contributed by atoms with E-state index in [9.17, 15) is 9.59 Å². The maximum atomic E-state index is 12.0. The van der Waals surface area contributed by atoms with Crippen LogP contribution in [0.25, 0.3) is 0 Å². The van der Waals surface area contributed by atoms with Gasteiger partial charge in [-0.2, -0.15) is 0 Å². The molecule has 0 saturated carbocycles. The van der Waals surface area contributed by atoms with Crippen molar-refractivity contribution in [3.05, 3.63) is 0 Å². The molecule has 2 N–H and O–H groups in total. The number of rotatable bonds is 3. The second-order valence-electron chi connectivity index (χ2n) is 5.41. The van der Waals surface area contributed by atoms with Crippen LogP contribution in [0, 0.1) is 5.92 Å². The quantitative estimate of drug-likeness (QED) is 0.803. The van der Waals surface area contributed by atoms with E-state index in [2.05, 4.69) is 5.32 Å². The zero-order valence-corrected chi connectivity index (χ0v) is 11.3. The summed E-state index contributed by atoms with van der Waals surface area (Å²) in [7, 11) is 0. The van der Waals surface area contributed by atoms with Crippen LogP contribution in [0.1, 0.15) is 32.6 Å². The highest BCUT2D eigenvalue weighted by atomic mass is 16.5. The van der Waals surface area contributed by atoms with E-state index in [4.69, 9.17) is 9.84 Å². The third kappa shape index (κ3) is 3.59. The van der Waals surface area contributed by atoms with Crippen LogP contribution >= 0.6 is 0 Å². The molecule has 0 bridgehead atoms. The van der Waals surface area contributed by atoms with E-state index >= 15 is 0 Å². The van der Waals surface area contributed by atoms with E-state index in [-0.39, 0.29) is 18.2 Å². The first-order chi connectivity index (χ1) is 9.08. The molecule has 6 nitrogen and oxygen atoms in total. The lowest BCUT2D eigenvalue weighted by Gasteiger charge is -2.30. The number of carbonyl (C=O) groups is 2. The third-order valence-electron chi connectivity index (χ3n) is 3.95. The van der Waals surface area contributed by atoms with Crippen LogP contribution in [-0.4, -0.2) is 53.8 Å². The largest absolute Gasteiger partial charge is 0.481 e. The Balaban J connectivity index is 1.79. The highest BCUT2D eigenvalue weighted by Crippen LogP contribution is 2.18. The Morgan fingerprint density at radius 2 is 2.16 bits per heavy atom. The molecule has 2 heterocycles. The number of carbonyl (C=O) groups excluding carboxylic acids is 1. The fourth-order valence-corrected chi connectivity index (χ4v) is 2.69. The van der Waals surface area contributed by atoms with Gasteiger partial charge in [-0.3, -0.25) is 4.79 Å². The van der Waals surface area contributed by atoms with Crippen LogP contribution < -0.4 is 5.32 Å². The molecule has 108 valence electrons. The van der Waals surface area contributed by atoms with Crippen LogP contribution in [0.15, 0.2) is 0 Å². The summed E-state index contributed by atoms with van der Waals surface area (Å²) in [5, 5.41) is 11.8. The molecule has 2 rings (SSSR count). The lowest BCUT2D eigenvalue weighted by atomic mass is 10.0. The molecule has 0 aromatic rings. The standard InChI is InChI=1S/C13H22N2O4/c1-9(11-4-2-3-7-19-11)14-13(18)15-6-5-10(8-15)12(16)17/h9-11H,2-8H2,1H3,(H,14,18)(H,16,17). The zero-order chi connectivity index (χ0) is 13.8. The molecule has 0 aromatic carbocycles. The molecule has 3 unspecified atom stereocenters. The summed E-state index contributed by atoms with van der Waals surface area (Å²) in [6, 6.07) is -0.206. The van der Waals surface area contributed by atoms with Crippen LogP contribution in [0.4, 0.5) is 4.79 Å². The van der Waals surface area contributed by atoms with Gasteiger partial charge in [-0.1, -0.05) is 0 Å². The summed E-state index contributed by atoms with van der Waals surface area (Å²) < 4.78 is 5.64. The molecule has 2 aliphatic rings. The van der Waals surface area contributed by atoms with Crippen molar-refractivity contribution in [3.8, 4) is 0 Å². The topological polar surface area (TPSA) is 78.9 Å². The van der Waals surface area contributed by atoms with Gasteiger partial charge in [0.05, 0.1) is 18.1 Å². The lowest BCUT2D eigenvalue weighted by molar-refractivity contribution is -0.141. The Hall–Kier alpha value is -1.30. The van der Waals surface area contributed by atoms with Crippen molar-refractivity contribution in [2.24, 2.45) is 5.92 Å². The van der Waals surface area contributed by atoms with Crippen molar-refractivity contribution in [3.63, 3.8) is 0 Å². The first-order valence-electron chi connectivity index (χ1n) is 6.98. The fraction of sp³-hybridized carbons (Fsp3) is 0.846. The summed E-state index contributed by atoms with van der Waals surface area (Å²) in [5.74, 6) is -1.24. The van der Waals surface area contributed by atoms with E-state index in [0.29, 0.717) is 19.5 Å². The Bertz CT molecular complexity index is 342.